The van der Waals surface area contributed by atoms with Crippen molar-refractivity contribution in [2.24, 2.45) is 10.2 Å². The number of phenols is 1. The van der Waals surface area contributed by atoms with Gasteiger partial charge < -0.3 is 5.11 Å². The van der Waals surface area contributed by atoms with E-state index >= 15 is 0 Å². The van der Waals surface area contributed by atoms with E-state index in [0.29, 0.717) is 5.69 Å². The molecule has 0 heterocycles. The van der Waals surface area contributed by atoms with E-state index in [1.165, 1.54) is 5.56 Å². The van der Waals surface area contributed by atoms with Crippen molar-refractivity contribution in [2.75, 3.05) is 0 Å². The van der Waals surface area contributed by atoms with Crippen molar-refractivity contribution in [1.82, 2.24) is 0 Å². The Balaban J connectivity index is 2.35. The largest absolute Gasteiger partial charge is 0.506 e. The lowest BCUT2D eigenvalue weighted by Gasteiger charge is -2.19. The fourth-order valence-electron chi connectivity index (χ4n) is 1.91. The van der Waals surface area contributed by atoms with Gasteiger partial charge in [0.15, 0.2) is 0 Å². The predicted molar refractivity (Wildman–Crippen MR) is 82.2 cm³/mol. The van der Waals surface area contributed by atoms with Gasteiger partial charge in [0.05, 0.1) is 5.69 Å². The first-order valence-corrected chi connectivity index (χ1v) is 6.68. The molecule has 0 saturated heterocycles. The van der Waals surface area contributed by atoms with Crippen LogP contribution in [0.4, 0.5) is 11.4 Å². The smallest absolute Gasteiger partial charge is 0.143 e. The number of rotatable bonds is 2. The van der Waals surface area contributed by atoms with Crippen LogP contribution in [0.2, 0.25) is 0 Å². The highest BCUT2D eigenvalue weighted by molar-refractivity contribution is 5.51. The Labute approximate surface area is 120 Å². The summed E-state index contributed by atoms with van der Waals surface area (Å²) in [7, 11) is 0. The first-order valence-electron chi connectivity index (χ1n) is 6.68. The maximum atomic E-state index is 9.67. The van der Waals surface area contributed by atoms with Crippen molar-refractivity contribution in [2.45, 2.75) is 33.1 Å². The van der Waals surface area contributed by atoms with Crippen LogP contribution in [0.3, 0.4) is 0 Å². The summed E-state index contributed by atoms with van der Waals surface area (Å²) in [6, 6.07) is 13.1. The van der Waals surface area contributed by atoms with E-state index in [9.17, 15) is 5.11 Å². The van der Waals surface area contributed by atoms with Gasteiger partial charge in [0, 0.05) is 0 Å². The van der Waals surface area contributed by atoms with Crippen LogP contribution in [-0.4, -0.2) is 5.11 Å². The van der Waals surface area contributed by atoms with Gasteiger partial charge in [-0.1, -0.05) is 39.0 Å². The second-order valence-electron chi connectivity index (χ2n) is 6.00. The number of nitrogens with zero attached hydrogens (tertiary/aromatic N) is 2. The second-order valence-corrected chi connectivity index (χ2v) is 6.00. The quantitative estimate of drug-likeness (QED) is 0.727. The number of hydrogen-bond donors (Lipinski definition) is 1. The average molecular weight is 268 g/mol. The number of phenolic OH excluding ortho intramolecular Hbond substituents is 1. The zero-order valence-electron chi connectivity index (χ0n) is 12.4. The molecule has 2 aromatic carbocycles. The summed E-state index contributed by atoms with van der Waals surface area (Å²) in [5, 5.41) is 18.0. The molecule has 0 bridgehead atoms. The highest BCUT2D eigenvalue weighted by atomic mass is 16.3. The van der Waals surface area contributed by atoms with Gasteiger partial charge in [-0.2, -0.15) is 5.11 Å². The highest BCUT2D eigenvalue weighted by Crippen LogP contribution is 2.30. The highest BCUT2D eigenvalue weighted by Gasteiger charge is 2.14. The zero-order chi connectivity index (χ0) is 14.8. The number of azo groups is 1. The Morgan fingerprint density at radius 3 is 2.30 bits per heavy atom. The fraction of sp³-hybridized carbons (Fsp3) is 0.294. The SMILES string of the molecule is Cc1cc(N=Nc2ccccc2O)cc(C(C)(C)C)c1. The summed E-state index contributed by atoms with van der Waals surface area (Å²) in [5.74, 6) is 0.139. The van der Waals surface area contributed by atoms with Crippen molar-refractivity contribution in [1.29, 1.82) is 0 Å². The molecule has 2 aromatic rings. The first-order chi connectivity index (χ1) is 9.36. The molecule has 0 atom stereocenters. The van der Waals surface area contributed by atoms with Gasteiger partial charge in [0.1, 0.15) is 11.4 Å². The van der Waals surface area contributed by atoms with Crippen molar-refractivity contribution >= 4 is 11.4 Å². The molecule has 20 heavy (non-hydrogen) atoms. The van der Waals surface area contributed by atoms with Crippen molar-refractivity contribution < 1.29 is 5.11 Å². The van der Waals surface area contributed by atoms with E-state index in [4.69, 9.17) is 0 Å². The molecule has 0 radical (unpaired) electrons. The molecule has 0 aliphatic heterocycles. The molecule has 3 heteroatoms. The van der Waals surface area contributed by atoms with Crippen LogP contribution in [0, 0.1) is 6.92 Å². The summed E-state index contributed by atoms with van der Waals surface area (Å²) < 4.78 is 0. The topological polar surface area (TPSA) is 45.0 Å². The van der Waals surface area contributed by atoms with E-state index < -0.39 is 0 Å². The van der Waals surface area contributed by atoms with Crippen LogP contribution < -0.4 is 0 Å². The summed E-state index contributed by atoms with van der Waals surface area (Å²) in [4.78, 5) is 0. The van der Waals surface area contributed by atoms with E-state index in [-0.39, 0.29) is 11.2 Å². The van der Waals surface area contributed by atoms with Gasteiger partial charge in [0.2, 0.25) is 0 Å². The molecule has 0 spiro atoms. The van der Waals surface area contributed by atoms with E-state index in [2.05, 4.69) is 37.1 Å². The van der Waals surface area contributed by atoms with Gasteiger partial charge >= 0.3 is 0 Å². The molecule has 0 aliphatic rings. The van der Waals surface area contributed by atoms with Gasteiger partial charge in [0.25, 0.3) is 0 Å². The lowest BCUT2D eigenvalue weighted by Crippen LogP contribution is -2.10. The third-order valence-electron chi connectivity index (χ3n) is 3.08. The molecular weight excluding hydrogens is 248 g/mol. The van der Waals surface area contributed by atoms with Crippen LogP contribution in [-0.2, 0) is 5.41 Å². The third kappa shape index (κ3) is 3.44. The van der Waals surface area contributed by atoms with Crippen molar-refractivity contribution in [3.63, 3.8) is 0 Å². The lowest BCUT2D eigenvalue weighted by atomic mass is 9.86. The summed E-state index contributed by atoms with van der Waals surface area (Å²) in [6.07, 6.45) is 0. The van der Waals surface area contributed by atoms with Gasteiger partial charge in [-0.05, 0) is 47.7 Å². The van der Waals surface area contributed by atoms with Crippen LogP contribution in [0.25, 0.3) is 0 Å². The molecular formula is C17H20N2O. The molecule has 0 aliphatic carbocycles. The summed E-state index contributed by atoms with van der Waals surface area (Å²) >= 11 is 0. The van der Waals surface area contributed by atoms with Crippen LogP contribution in [0.5, 0.6) is 5.75 Å². The van der Waals surface area contributed by atoms with Crippen LogP contribution in [0.1, 0.15) is 31.9 Å². The van der Waals surface area contributed by atoms with Gasteiger partial charge in [-0.15, -0.1) is 5.11 Å². The fourth-order valence-corrected chi connectivity index (χ4v) is 1.91. The summed E-state index contributed by atoms with van der Waals surface area (Å²) in [6.45, 7) is 8.57. The Kier molecular flexibility index (Phi) is 3.89. The molecule has 0 fully saturated rings. The van der Waals surface area contributed by atoms with E-state index in [1.54, 1.807) is 18.2 Å². The van der Waals surface area contributed by atoms with E-state index in [0.717, 1.165) is 11.3 Å². The van der Waals surface area contributed by atoms with E-state index in [1.807, 2.05) is 25.1 Å². The zero-order valence-corrected chi connectivity index (χ0v) is 12.4. The van der Waals surface area contributed by atoms with Gasteiger partial charge in [-0.25, -0.2) is 0 Å². The minimum absolute atomic E-state index is 0.0746. The summed E-state index contributed by atoms with van der Waals surface area (Å²) in [5.41, 5.74) is 3.74. The maximum absolute atomic E-state index is 9.67. The molecule has 0 aromatic heterocycles. The van der Waals surface area contributed by atoms with Crippen LogP contribution in [0.15, 0.2) is 52.7 Å². The molecule has 0 amide bonds. The Morgan fingerprint density at radius 1 is 0.950 bits per heavy atom. The van der Waals surface area contributed by atoms with Crippen molar-refractivity contribution in [3.8, 4) is 5.75 Å². The first kappa shape index (κ1) is 14.3. The Hall–Kier alpha value is -2.16. The molecule has 0 saturated carbocycles. The maximum Gasteiger partial charge on any atom is 0.143 e. The third-order valence-corrected chi connectivity index (χ3v) is 3.08. The molecule has 104 valence electrons. The Bertz CT molecular complexity index is 640. The number of hydrogen-bond acceptors (Lipinski definition) is 3. The number of aromatic hydroxyl groups is 1. The lowest BCUT2D eigenvalue weighted by molar-refractivity contribution is 0.476. The standard InChI is InChI=1S/C17H20N2O/c1-12-9-13(17(2,3)4)11-14(10-12)18-19-15-7-5-6-8-16(15)20/h5-11,20H,1-4H3. The second kappa shape index (κ2) is 5.45. The monoisotopic (exact) mass is 268 g/mol. The van der Waals surface area contributed by atoms with Gasteiger partial charge in [-0.3, -0.25) is 0 Å². The normalized spacial score (nSPS) is 12.0. The number of aryl methyl sites for hydroxylation is 1. The minimum Gasteiger partial charge on any atom is -0.506 e. The molecule has 3 nitrogen and oxygen atoms in total. The van der Waals surface area contributed by atoms with Crippen molar-refractivity contribution in [3.05, 3.63) is 53.6 Å². The van der Waals surface area contributed by atoms with Crippen LogP contribution >= 0.6 is 0 Å². The predicted octanol–water partition coefficient (Wildman–Crippen LogP) is 5.41. The Morgan fingerprint density at radius 2 is 1.65 bits per heavy atom. The minimum atomic E-state index is 0.0746. The number of para-hydroxylation sites is 1. The molecule has 0 unspecified atom stereocenters. The average Bonchev–Trinajstić information content (AvgIpc) is 2.36. The molecule has 1 N–H and O–H groups in total. The number of benzene rings is 2. The molecule has 2 rings (SSSR count).